The minimum absolute atomic E-state index is 0.0261. The number of nitrogens with zero attached hydrogens (tertiary/aromatic N) is 3. The lowest BCUT2D eigenvalue weighted by Crippen LogP contribution is -2.48. The van der Waals surface area contributed by atoms with Crippen LogP contribution in [0.4, 0.5) is 5.82 Å². The number of anilines is 1. The van der Waals surface area contributed by atoms with E-state index >= 15 is 0 Å². The van der Waals surface area contributed by atoms with Crippen molar-refractivity contribution in [1.82, 2.24) is 14.7 Å². The maximum atomic E-state index is 13.0. The van der Waals surface area contributed by atoms with Crippen molar-refractivity contribution in [3.05, 3.63) is 51.4 Å². The highest BCUT2D eigenvalue weighted by Gasteiger charge is 2.49. The molecule has 2 heterocycles. The van der Waals surface area contributed by atoms with E-state index in [9.17, 15) is 9.32 Å². The molecule has 1 aliphatic carbocycles. The molecular formula is C23H31BrN4O2S. The smallest absolute Gasteiger partial charge is 0.153 e. The van der Waals surface area contributed by atoms with Crippen LogP contribution < -0.4 is 9.62 Å². The first-order valence-electron chi connectivity index (χ1n) is 10.8. The minimum Gasteiger partial charge on any atom is -0.390 e. The Bertz CT molecular complexity index is 1000. The lowest BCUT2D eigenvalue weighted by atomic mass is 9.73. The Labute approximate surface area is 195 Å². The molecule has 0 bridgehead atoms. The highest BCUT2D eigenvalue weighted by molar-refractivity contribution is 9.10. The predicted molar refractivity (Wildman–Crippen MR) is 128 cm³/mol. The van der Waals surface area contributed by atoms with Crippen LogP contribution in [0, 0.1) is 12.3 Å². The van der Waals surface area contributed by atoms with E-state index in [0.29, 0.717) is 10.3 Å². The average Bonchev–Trinajstić information content (AvgIpc) is 3.02. The molecular weight excluding hydrogens is 476 g/mol. The van der Waals surface area contributed by atoms with Gasteiger partial charge in [-0.25, -0.2) is 18.9 Å². The second-order valence-electron chi connectivity index (χ2n) is 9.69. The fraction of sp³-hybridized carbons (Fsp3) is 0.565. The zero-order valence-electron chi connectivity index (χ0n) is 18.6. The van der Waals surface area contributed by atoms with Gasteiger partial charge in [0.2, 0.25) is 0 Å². The summed E-state index contributed by atoms with van der Waals surface area (Å²) >= 11 is 3.42. The molecule has 1 aliphatic heterocycles. The number of piperidine rings is 1. The first-order valence-corrected chi connectivity index (χ1v) is 12.7. The molecule has 1 unspecified atom stereocenters. The van der Waals surface area contributed by atoms with Gasteiger partial charge >= 0.3 is 0 Å². The molecule has 2 aromatic rings. The van der Waals surface area contributed by atoms with Crippen LogP contribution in [-0.2, 0) is 24.0 Å². The number of aromatic nitrogens is 2. The molecule has 1 spiro atoms. The molecule has 1 fully saturated rings. The van der Waals surface area contributed by atoms with E-state index in [-0.39, 0.29) is 22.8 Å². The highest BCUT2D eigenvalue weighted by Crippen LogP contribution is 2.52. The van der Waals surface area contributed by atoms with E-state index in [4.69, 9.17) is 4.98 Å². The van der Waals surface area contributed by atoms with E-state index in [1.54, 1.807) is 0 Å². The molecule has 0 amide bonds. The molecule has 168 valence electrons. The molecule has 1 aromatic carbocycles. The molecule has 1 saturated heterocycles. The third-order valence-corrected chi connectivity index (χ3v) is 8.89. The Balaban J connectivity index is 1.60. The summed E-state index contributed by atoms with van der Waals surface area (Å²) in [7, 11) is -1.14. The van der Waals surface area contributed by atoms with Crippen molar-refractivity contribution in [3.8, 4) is 0 Å². The lowest BCUT2D eigenvalue weighted by Gasteiger charge is -2.44. The number of aryl methyl sites for hydroxylation is 1. The van der Waals surface area contributed by atoms with E-state index < -0.39 is 11.0 Å². The summed E-state index contributed by atoms with van der Waals surface area (Å²) in [5, 5.41) is 9.81. The number of benzene rings is 1. The van der Waals surface area contributed by atoms with Gasteiger partial charge in [-0.1, -0.05) is 24.3 Å². The molecule has 2 aliphatic rings. The first-order chi connectivity index (χ1) is 14.6. The molecule has 31 heavy (non-hydrogen) atoms. The molecule has 8 heteroatoms. The Morgan fingerprint density at radius 2 is 1.94 bits per heavy atom. The summed E-state index contributed by atoms with van der Waals surface area (Å²) in [6, 6.07) is 8.63. The van der Waals surface area contributed by atoms with Crippen LogP contribution in [0.5, 0.6) is 0 Å². The molecule has 6 nitrogen and oxygen atoms in total. The Morgan fingerprint density at radius 1 is 1.26 bits per heavy atom. The zero-order chi connectivity index (χ0) is 22.4. The fourth-order valence-electron chi connectivity index (χ4n) is 4.77. The van der Waals surface area contributed by atoms with Crippen LogP contribution >= 0.6 is 15.9 Å². The van der Waals surface area contributed by atoms with Gasteiger partial charge in [-0.15, -0.1) is 0 Å². The summed E-state index contributed by atoms with van der Waals surface area (Å²) in [4.78, 5) is 11.4. The summed E-state index contributed by atoms with van der Waals surface area (Å²) in [6.07, 6.45) is 2.92. The van der Waals surface area contributed by atoms with Crippen molar-refractivity contribution in [2.24, 2.45) is 5.41 Å². The number of fused-ring (bicyclic) bond motifs is 1. The molecule has 0 radical (unpaired) electrons. The van der Waals surface area contributed by atoms with Crippen molar-refractivity contribution >= 4 is 32.7 Å². The van der Waals surface area contributed by atoms with Gasteiger partial charge in [0.05, 0.1) is 34.1 Å². The topological polar surface area (TPSA) is 78.4 Å². The number of rotatable bonds is 4. The average molecular weight is 507 g/mol. The maximum absolute atomic E-state index is 13.0. The molecule has 1 aromatic heterocycles. The van der Waals surface area contributed by atoms with Gasteiger partial charge in [0.25, 0.3) is 0 Å². The minimum atomic E-state index is -1.14. The Morgan fingerprint density at radius 3 is 2.58 bits per heavy atom. The number of aliphatic hydroxyl groups is 1. The summed E-state index contributed by atoms with van der Waals surface area (Å²) < 4.78 is 16.9. The predicted octanol–water partition coefficient (Wildman–Crippen LogP) is 3.98. The third kappa shape index (κ3) is 4.32. The largest absolute Gasteiger partial charge is 0.390 e. The fourth-order valence-corrected chi connectivity index (χ4v) is 6.02. The summed E-state index contributed by atoms with van der Waals surface area (Å²) in [5.74, 6) is 0.774. The standard InChI is InChI=1S/C23H31BrN4O2S/c1-15-20(24)26-18(14-29)21(25-15)28-11-9-23(10-12-28)13-16-7-5-6-8-17(16)19(23)27-31(30)22(2,3)4/h5-8,19,27,29H,9-14H2,1-4H3/t19-,31?/m1/s1. The number of aliphatic hydroxyl groups excluding tert-OH is 1. The van der Waals surface area contributed by atoms with Crippen molar-refractivity contribution in [3.63, 3.8) is 0 Å². The number of hydrogen-bond donors (Lipinski definition) is 2. The normalized spacial score (nSPS) is 21.4. The zero-order valence-corrected chi connectivity index (χ0v) is 21.0. The van der Waals surface area contributed by atoms with Crippen LogP contribution in [0.25, 0.3) is 0 Å². The lowest BCUT2D eigenvalue weighted by molar-refractivity contribution is 0.177. The molecule has 4 rings (SSSR count). The van der Waals surface area contributed by atoms with E-state index in [1.807, 2.05) is 27.7 Å². The van der Waals surface area contributed by atoms with Gasteiger partial charge in [-0.05, 0) is 79.4 Å². The van der Waals surface area contributed by atoms with Crippen LogP contribution in [0.3, 0.4) is 0 Å². The summed E-state index contributed by atoms with van der Waals surface area (Å²) in [5.41, 5.74) is 4.09. The van der Waals surface area contributed by atoms with Gasteiger partial charge in [-0.3, -0.25) is 0 Å². The van der Waals surface area contributed by atoms with Gasteiger partial charge < -0.3 is 10.0 Å². The monoisotopic (exact) mass is 506 g/mol. The Hall–Kier alpha value is -1.35. The van der Waals surface area contributed by atoms with Gasteiger partial charge in [0.1, 0.15) is 10.3 Å². The molecule has 0 saturated carbocycles. The number of nitrogens with one attached hydrogen (secondary N) is 1. The molecule has 2 atom stereocenters. The van der Waals surface area contributed by atoms with Crippen LogP contribution in [0.15, 0.2) is 28.9 Å². The van der Waals surface area contributed by atoms with Crippen molar-refractivity contribution in [1.29, 1.82) is 0 Å². The van der Waals surface area contributed by atoms with Gasteiger partial charge in [-0.2, -0.15) is 0 Å². The second kappa shape index (κ2) is 8.54. The van der Waals surface area contributed by atoms with E-state index in [0.717, 1.165) is 43.9 Å². The van der Waals surface area contributed by atoms with E-state index in [2.05, 4.69) is 54.8 Å². The Kier molecular flexibility index (Phi) is 6.29. The second-order valence-corrected chi connectivity index (χ2v) is 12.4. The highest BCUT2D eigenvalue weighted by atomic mass is 79.9. The van der Waals surface area contributed by atoms with Crippen molar-refractivity contribution in [2.75, 3.05) is 18.0 Å². The number of halogens is 1. The van der Waals surface area contributed by atoms with Crippen molar-refractivity contribution < 1.29 is 9.32 Å². The number of hydrogen-bond acceptors (Lipinski definition) is 5. The van der Waals surface area contributed by atoms with Gasteiger partial charge in [0, 0.05) is 13.1 Å². The van der Waals surface area contributed by atoms with Crippen LogP contribution in [0.1, 0.15) is 62.2 Å². The van der Waals surface area contributed by atoms with Gasteiger partial charge in [0.15, 0.2) is 5.82 Å². The third-order valence-electron chi connectivity index (χ3n) is 6.57. The summed E-state index contributed by atoms with van der Waals surface area (Å²) in [6.45, 7) is 9.48. The van der Waals surface area contributed by atoms with Crippen molar-refractivity contribution in [2.45, 2.75) is 64.4 Å². The quantitative estimate of drug-likeness (QED) is 0.655. The molecule has 2 N–H and O–H groups in total. The maximum Gasteiger partial charge on any atom is 0.153 e. The van der Waals surface area contributed by atoms with Crippen LogP contribution in [0.2, 0.25) is 0 Å². The van der Waals surface area contributed by atoms with Crippen LogP contribution in [-0.4, -0.2) is 37.1 Å². The first kappa shape index (κ1) is 22.8. The van der Waals surface area contributed by atoms with E-state index in [1.165, 1.54) is 11.1 Å². The SMILES string of the molecule is Cc1nc(N2CCC3(CC2)Cc2ccccc2[C@H]3NS(=O)C(C)(C)C)c(CO)nc1Br.